The maximum absolute atomic E-state index is 5.66. The minimum absolute atomic E-state index is 0.501. The van der Waals surface area contributed by atoms with Crippen LogP contribution in [0.5, 0.6) is 0 Å². The van der Waals surface area contributed by atoms with Gasteiger partial charge in [-0.15, -0.1) is 0 Å². The smallest absolute Gasteiger partial charge is 0.218 e. The van der Waals surface area contributed by atoms with E-state index in [1.165, 1.54) is 38.4 Å². The summed E-state index contributed by atoms with van der Waals surface area (Å²) in [4.78, 5) is 3.92. The minimum Gasteiger partial charge on any atom is -0.368 e. The average Bonchev–Trinajstić information content (AvgIpc) is 2.53. The van der Waals surface area contributed by atoms with Crippen LogP contribution in [-0.4, -0.2) is 14.8 Å². The number of nitrogens with zero attached hydrogens (tertiary/aromatic N) is 3. The Morgan fingerprint density at radius 1 is 1.33 bits per heavy atom. The molecule has 0 radical (unpaired) electrons. The summed E-state index contributed by atoms with van der Waals surface area (Å²) in [5.74, 6) is 0.557. The highest BCUT2D eigenvalue weighted by Gasteiger charge is 2.17. The normalized spacial score (nSPS) is 19.7. The SMILES string of the molecule is Nc1ncnn1C1CCCCC1. The lowest BCUT2D eigenvalue weighted by Crippen LogP contribution is -2.16. The molecule has 66 valence electrons. The number of hydrogen-bond acceptors (Lipinski definition) is 3. The summed E-state index contributed by atoms with van der Waals surface area (Å²) in [5, 5.41) is 4.12. The molecule has 1 fully saturated rings. The van der Waals surface area contributed by atoms with Crippen molar-refractivity contribution in [2.75, 3.05) is 5.73 Å². The lowest BCUT2D eigenvalue weighted by Gasteiger charge is -2.21. The summed E-state index contributed by atoms with van der Waals surface area (Å²) in [7, 11) is 0. The lowest BCUT2D eigenvalue weighted by atomic mass is 9.96. The van der Waals surface area contributed by atoms with E-state index in [4.69, 9.17) is 5.73 Å². The van der Waals surface area contributed by atoms with Crippen LogP contribution in [0.3, 0.4) is 0 Å². The van der Waals surface area contributed by atoms with Crippen LogP contribution in [0.2, 0.25) is 0 Å². The molecule has 0 unspecified atom stereocenters. The molecule has 12 heavy (non-hydrogen) atoms. The van der Waals surface area contributed by atoms with Gasteiger partial charge in [-0.05, 0) is 12.8 Å². The van der Waals surface area contributed by atoms with E-state index in [2.05, 4.69) is 10.1 Å². The van der Waals surface area contributed by atoms with E-state index in [0.29, 0.717) is 12.0 Å². The third-order valence-corrected chi connectivity index (χ3v) is 2.52. The molecule has 0 saturated heterocycles. The van der Waals surface area contributed by atoms with Crippen molar-refractivity contribution in [3.63, 3.8) is 0 Å². The van der Waals surface area contributed by atoms with E-state index in [9.17, 15) is 0 Å². The molecule has 0 spiro atoms. The Labute approximate surface area is 71.8 Å². The van der Waals surface area contributed by atoms with Gasteiger partial charge in [-0.1, -0.05) is 19.3 Å². The molecule has 0 bridgehead atoms. The zero-order valence-electron chi connectivity index (χ0n) is 7.11. The van der Waals surface area contributed by atoms with E-state index < -0.39 is 0 Å². The molecular weight excluding hydrogens is 152 g/mol. The number of anilines is 1. The molecule has 1 aliphatic carbocycles. The maximum Gasteiger partial charge on any atom is 0.218 e. The molecule has 4 heteroatoms. The molecular formula is C8H14N4. The Balaban J connectivity index is 2.13. The van der Waals surface area contributed by atoms with Crippen molar-refractivity contribution < 1.29 is 0 Å². The first-order chi connectivity index (χ1) is 5.88. The molecule has 0 atom stereocenters. The van der Waals surface area contributed by atoms with Gasteiger partial charge in [-0.2, -0.15) is 5.10 Å². The van der Waals surface area contributed by atoms with Crippen molar-refractivity contribution in [1.82, 2.24) is 14.8 Å². The molecule has 1 aromatic heterocycles. The second kappa shape index (κ2) is 3.13. The predicted octanol–water partition coefficient (Wildman–Crippen LogP) is 1.37. The van der Waals surface area contributed by atoms with Crippen LogP contribution in [0.25, 0.3) is 0 Å². The maximum atomic E-state index is 5.66. The van der Waals surface area contributed by atoms with Gasteiger partial charge in [-0.25, -0.2) is 9.67 Å². The molecule has 4 nitrogen and oxygen atoms in total. The quantitative estimate of drug-likeness (QED) is 0.685. The van der Waals surface area contributed by atoms with Gasteiger partial charge in [-0.3, -0.25) is 0 Å². The first-order valence-corrected chi connectivity index (χ1v) is 4.53. The van der Waals surface area contributed by atoms with Crippen LogP contribution in [0.15, 0.2) is 6.33 Å². The number of rotatable bonds is 1. The van der Waals surface area contributed by atoms with Crippen LogP contribution in [0.4, 0.5) is 5.95 Å². The highest BCUT2D eigenvalue weighted by Crippen LogP contribution is 2.28. The first-order valence-electron chi connectivity index (χ1n) is 4.53. The first kappa shape index (κ1) is 7.58. The van der Waals surface area contributed by atoms with E-state index >= 15 is 0 Å². The fourth-order valence-corrected chi connectivity index (χ4v) is 1.87. The lowest BCUT2D eigenvalue weighted by molar-refractivity contribution is 0.333. The predicted molar refractivity (Wildman–Crippen MR) is 46.6 cm³/mol. The van der Waals surface area contributed by atoms with Crippen molar-refractivity contribution in [3.05, 3.63) is 6.33 Å². The van der Waals surface area contributed by atoms with Gasteiger partial charge in [0.05, 0.1) is 6.04 Å². The topological polar surface area (TPSA) is 56.7 Å². The third kappa shape index (κ3) is 1.29. The zero-order chi connectivity index (χ0) is 8.39. The van der Waals surface area contributed by atoms with Crippen LogP contribution >= 0.6 is 0 Å². The summed E-state index contributed by atoms with van der Waals surface area (Å²) in [6.45, 7) is 0. The summed E-state index contributed by atoms with van der Waals surface area (Å²) >= 11 is 0. The Morgan fingerprint density at radius 2 is 2.08 bits per heavy atom. The van der Waals surface area contributed by atoms with Crippen molar-refractivity contribution in [1.29, 1.82) is 0 Å². The van der Waals surface area contributed by atoms with Crippen LogP contribution in [-0.2, 0) is 0 Å². The Kier molecular flexibility index (Phi) is 1.98. The number of nitrogens with two attached hydrogens (primary N) is 1. The van der Waals surface area contributed by atoms with Gasteiger partial charge < -0.3 is 5.73 Å². The molecule has 0 aromatic carbocycles. The van der Waals surface area contributed by atoms with E-state index in [1.807, 2.05) is 4.68 Å². The Hall–Kier alpha value is -1.06. The van der Waals surface area contributed by atoms with Gasteiger partial charge in [0, 0.05) is 0 Å². The van der Waals surface area contributed by atoms with E-state index in [1.54, 1.807) is 0 Å². The van der Waals surface area contributed by atoms with Gasteiger partial charge in [0.15, 0.2) is 0 Å². The van der Waals surface area contributed by atoms with Crippen molar-refractivity contribution in [2.24, 2.45) is 0 Å². The number of hydrogen-bond donors (Lipinski definition) is 1. The molecule has 1 saturated carbocycles. The van der Waals surface area contributed by atoms with Gasteiger partial charge in [0.25, 0.3) is 0 Å². The molecule has 0 aliphatic heterocycles. The molecule has 0 amide bonds. The van der Waals surface area contributed by atoms with Crippen LogP contribution < -0.4 is 5.73 Å². The molecule has 2 N–H and O–H groups in total. The molecule has 2 rings (SSSR count). The second-order valence-corrected chi connectivity index (χ2v) is 3.35. The standard InChI is InChI=1S/C8H14N4/c9-8-10-6-11-12(8)7-4-2-1-3-5-7/h6-7H,1-5H2,(H2,9,10,11). The van der Waals surface area contributed by atoms with E-state index in [0.717, 1.165) is 0 Å². The van der Waals surface area contributed by atoms with Crippen LogP contribution in [0, 0.1) is 0 Å². The highest BCUT2D eigenvalue weighted by atomic mass is 15.4. The number of aromatic nitrogens is 3. The average molecular weight is 166 g/mol. The van der Waals surface area contributed by atoms with Crippen LogP contribution in [0.1, 0.15) is 38.1 Å². The minimum atomic E-state index is 0.501. The van der Waals surface area contributed by atoms with Gasteiger partial charge in [0.2, 0.25) is 5.95 Å². The fourth-order valence-electron chi connectivity index (χ4n) is 1.87. The molecule has 1 aliphatic rings. The second-order valence-electron chi connectivity index (χ2n) is 3.35. The summed E-state index contributed by atoms with van der Waals surface area (Å²) in [6, 6.07) is 0.501. The Bertz CT molecular complexity index is 249. The highest BCUT2D eigenvalue weighted by molar-refractivity contribution is 5.13. The molecule has 1 aromatic rings. The zero-order valence-corrected chi connectivity index (χ0v) is 7.11. The summed E-state index contributed by atoms with van der Waals surface area (Å²) < 4.78 is 1.86. The summed E-state index contributed by atoms with van der Waals surface area (Å²) in [6.07, 6.45) is 7.88. The van der Waals surface area contributed by atoms with Crippen molar-refractivity contribution in [2.45, 2.75) is 38.1 Å². The van der Waals surface area contributed by atoms with Crippen molar-refractivity contribution >= 4 is 5.95 Å². The summed E-state index contributed by atoms with van der Waals surface area (Å²) in [5.41, 5.74) is 5.66. The third-order valence-electron chi connectivity index (χ3n) is 2.52. The van der Waals surface area contributed by atoms with Crippen molar-refractivity contribution in [3.8, 4) is 0 Å². The number of nitrogen functional groups attached to an aromatic ring is 1. The van der Waals surface area contributed by atoms with Gasteiger partial charge >= 0.3 is 0 Å². The van der Waals surface area contributed by atoms with E-state index in [-0.39, 0.29) is 0 Å². The fraction of sp³-hybridized carbons (Fsp3) is 0.750. The van der Waals surface area contributed by atoms with Gasteiger partial charge in [0.1, 0.15) is 6.33 Å². The molecule has 1 heterocycles. The monoisotopic (exact) mass is 166 g/mol. The largest absolute Gasteiger partial charge is 0.368 e. The Morgan fingerprint density at radius 3 is 2.67 bits per heavy atom.